The molecule has 2 aromatic heterocycles. The first-order valence-electron chi connectivity index (χ1n) is 8.38. The molecule has 130 valence electrons. The van der Waals surface area contributed by atoms with Gasteiger partial charge in [0.2, 0.25) is 5.95 Å². The van der Waals surface area contributed by atoms with Crippen LogP contribution in [0.3, 0.4) is 0 Å². The van der Waals surface area contributed by atoms with Gasteiger partial charge in [-0.15, -0.1) is 0 Å². The number of anilines is 3. The third-order valence-electron chi connectivity index (χ3n) is 3.82. The molecule has 0 aliphatic heterocycles. The highest BCUT2D eigenvalue weighted by atomic mass is 16.5. The number of hydrogen-bond acceptors (Lipinski definition) is 6. The molecule has 3 aromatic rings. The summed E-state index contributed by atoms with van der Waals surface area (Å²) in [5.41, 5.74) is 2.14. The van der Waals surface area contributed by atoms with E-state index in [0.29, 0.717) is 17.8 Å². The highest BCUT2D eigenvalue weighted by Gasteiger charge is 2.15. The summed E-state index contributed by atoms with van der Waals surface area (Å²) in [6, 6.07) is 14.5. The molecule has 0 radical (unpaired) electrons. The van der Waals surface area contributed by atoms with E-state index in [1.165, 1.54) is 5.56 Å². The van der Waals surface area contributed by atoms with E-state index in [1.807, 2.05) is 32.0 Å². The second kappa shape index (κ2) is 7.34. The minimum atomic E-state index is 0.302. The Morgan fingerprint density at radius 3 is 2.48 bits per heavy atom. The molecular weight excluding hydrogens is 314 g/mol. The smallest absolute Gasteiger partial charge is 0.230 e. The number of aryl methyl sites for hydroxylation is 2. The molecule has 0 unspecified atom stereocenters. The van der Waals surface area contributed by atoms with Crippen molar-refractivity contribution < 1.29 is 4.52 Å². The molecule has 2 heterocycles. The van der Waals surface area contributed by atoms with Gasteiger partial charge in [0.15, 0.2) is 5.82 Å². The summed E-state index contributed by atoms with van der Waals surface area (Å²) in [5.74, 6) is 2.74. The van der Waals surface area contributed by atoms with Crippen molar-refractivity contribution in [3.05, 3.63) is 59.5 Å². The van der Waals surface area contributed by atoms with Crippen molar-refractivity contribution >= 4 is 17.6 Å². The van der Waals surface area contributed by atoms with Gasteiger partial charge in [-0.05, 0) is 33.3 Å². The number of hydrogen-bond donors (Lipinski definition) is 1. The summed E-state index contributed by atoms with van der Waals surface area (Å²) < 4.78 is 5.08. The first-order valence-corrected chi connectivity index (χ1v) is 8.38. The molecule has 0 bridgehead atoms. The zero-order valence-corrected chi connectivity index (χ0v) is 15.0. The lowest BCUT2D eigenvalue weighted by molar-refractivity contribution is 0.400. The molecule has 3 rings (SSSR count). The van der Waals surface area contributed by atoms with Gasteiger partial charge in [-0.2, -0.15) is 4.98 Å². The second-order valence-corrected chi connectivity index (χ2v) is 6.35. The molecule has 6 heteroatoms. The highest BCUT2D eigenvalue weighted by Crippen LogP contribution is 2.22. The normalized spacial score (nSPS) is 10.9. The van der Waals surface area contributed by atoms with Crippen molar-refractivity contribution in [1.82, 2.24) is 15.1 Å². The van der Waals surface area contributed by atoms with Crippen LogP contribution in [0.2, 0.25) is 0 Å². The molecule has 1 N–H and O–H groups in total. The van der Waals surface area contributed by atoms with Crippen LogP contribution in [-0.2, 0) is 6.54 Å². The third kappa shape index (κ3) is 4.35. The Morgan fingerprint density at radius 1 is 1.08 bits per heavy atom. The summed E-state index contributed by atoms with van der Waals surface area (Å²) >= 11 is 0. The Bertz CT molecular complexity index is 829. The summed E-state index contributed by atoms with van der Waals surface area (Å²) in [5, 5.41) is 7.05. The molecule has 25 heavy (non-hydrogen) atoms. The van der Waals surface area contributed by atoms with Crippen LogP contribution in [0.4, 0.5) is 17.6 Å². The molecule has 0 fully saturated rings. The Hall–Kier alpha value is -2.89. The summed E-state index contributed by atoms with van der Waals surface area (Å²) in [6.07, 6.45) is 0. The van der Waals surface area contributed by atoms with E-state index in [-0.39, 0.29) is 0 Å². The van der Waals surface area contributed by atoms with Crippen LogP contribution in [0.15, 0.2) is 47.0 Å². The number of aromatic nitrogens is 3. The maximum atomic E-state index is 5.08. The topological polar surface area (TPSA) is 67.1 Å². The molecule has 0 amide bonds. The molecular formula is C19H23N5O. The molecule has 0 saturated carbocycles. The number of nitrogens with one attached hydrogen (secondary N) is 1. The van der Waals surface area contributed by atoms with Crippen molar-refractivity contribution in [2.24, 2.45) is 0 Å². The van der Waals surface area contributed by atoms with Crippen LogP contribution in [0, 0.1) is 13.8 Å². The van der Waals surface area contributed by atoms with Crippen LogP contribution in [-0.4, -0.2) is 21.2 Å². The van der Waals surface area contributed by atoms with Crippen molar-refractivity contribution in [3.8, 4) is 0 Å². The second-order valence-electron chi connectivity index (χ2n) is 6.35. The molecule has 1 aromatic carbocycles. The van der Waals surface area contributed by atoms with Gasteiger partial charge in [0, 0.05) is 30.4 Å². The van der Waals surface area contributed by atoms with Crippen molar-refractivity contribution in [2.75, 3.05) is 10.2 Å². The predicted molar refractivity (Wildman–Crippen MR) is 99.1 cm³/mol. The van der Waals surface area contributed by atoms with Crippen LogP contribution in [0.1, 0.15) is 30.9 Å². The maximum absolute atomic E-state index is 5.08. The lowest BCUT2D eigenvalue weighted by Crippen LogP contribution is -2.31. The van der Waals surface area contributed by atoms with Crippen molar-refractivity contribution in [1.29, 1.82) is 0 Å². The van der Waals surface area contributed by atoms with Crippen LogP contribution < -0.4 is 10.2 Å². The van der Waals surface area contributed by atoms with Crippen LogP contribution in [0.25, 0.3) is 0 Å². The fraction of sp³-hybridized carbons (Fsp3) is 0.316. The van der Waals surface area contributed by atoms with Gasteiger partial charge in [-0.3, -0.25) is 0 Å². The van der Waals surface area contributed by atoms with E-state index >= 15 is 0 Å². The summed E-state index contributed by atoms with van der Waals surface area (Å²) in [6.45, 7) is 8.92. The SMILES string of the molecule is Cc1cc(N(Cc2ccccc2)C(C)C)nc(Nc2cc(C)on2)n1. The largest absolute Gasteiger partial charge is 0.360 e. The van der Waals surface area contributed by atoms with E-state index in [9.17, 15) is 0 Å². The average molecular weight is 337 g/mol. The summed E-state index contributed by atoms with van der Waals surface area (Å²) in [7, 11) is 0. The molecule has 0 atom stereocenters. The Labute approximate surface area is 147 Å². The van der Waals surface area contributed by atoms with Gasteiger partial charge in [-0.25, -0.2) is 4.98 Å². The molecule has 6 nitrogen and oxygen atoms in total. The predicted octanol–water partition coefficient (Wildman–Crippen LogP) is 4.24. The standard InChI is InChI=1S/C19H23N5O/c1-13(2)24(12-16-8-6-5-7-9-16)18-10-14(3)20-19(22-18)21-17-11-15(4)25-23-17/h5-11,13H,12H2,1-4H3,(H,20,21,22,23). The van der Waals surface area contributed by atoms with Crippen LogP contribution in [0.5, 0.6) is 0 Å². The molecule has 0 spiro atoms. The van der Waals surface area contributed by atoms with E-state index in [2.05, 4.69) is 63.5 Å². The number of benzene rings is 1. The minimum absolute atomic E-state index is 0.302. The van der Waals surface area contributed by atoms with Crippen molar-refractivity contribution in [2.45, 2.75) is 40.3 Å². The molecule has 0 aliphatic carbocycles. The lowest BCUT2D eigenvalue weighted by atomic mass is 10.2. The van der Waals surface area contributed by atoms with Gasteiger partial charge < -0.3 is 14.7 Å². The van der Waals surface area contributed by atoms with E-state index in [0.717, 1.165) is 23.8 Å². The lowest BCUT2D eigenvalue weighted by Gasteiger charge is -2.28. The van der Waals surface area contributed by atoms with Gasteiger partial charge >= 0.3 is 0 Å². The van der Waals surface area contributed by atoms with Crippen LogP contribution >= 0.6 is 0 Å². The van der Waals surface area contributed by atoms with Crippen molar-refractivity contribution in [3.63, 3.8) is 0 Å². The van der Waals surface area contributed by atoms with Gasteiger partial charge in [-0.1, -0.05) is 35.5 Å². The maximum Gasteiger partial charge on any atom is 0.230 e. The third-order valence-corrected chi connectivity index (χ3v) is 3.82. The van der Waals surface area contributed by atoms with E-state index in [4.69, 9.17) is 4.52 Å². The number of rotatable bonds is 6. The monoisotopic (exact) mass is 337 g/mol. The first kappa shape index (κ1) is 17.0. The molecule has 0 saturated heterocycles. The zero-order chi connectivity index (χ0) is 17.8. The number of nitrogens with zero attached hydrogens (tertiary/aromatic N) is 4. The van der Waals surface area contributed by atoms with E-state index in [1.54, 1.807) is 0 Å². The average Bonchev–Trinajstić information content (AvgIpc) is 2.97. The summed E-state index contributed by atoms with van der Waals surface area (Å²) in [4.78, 5) is 11.4. The Balaban J connectivity index is 1.88. The Kier molecular flexibility index (Phi) is 4.97. The fourth-order valence-corrected chi connectivity index (χ4v) is 2.60. The zero-order valence-electron chi connectivity index (χ0n) is 15.0. The quantitative estimate of drug-likeness (QED) is 0.725. The minimum Gasteiger partial charge on any atom is -0.360 e. The highest BCUT2D eigenvalue weighted by molar-refractivity contribution is 5.52. The van der Waals surface area contributed by atoms with E-state index < -0.39 is 0 Å². The van der Waals surface area contributed by atoms with Gasteiger partial charge in [0.1, 0.15) is 11.6 Å². The fourth-order valence-electron chi connectivity index (χ4n) is 2.60. The van der Waals surface area contributed by atoms with Gasteiger partial charge in [0.05, 0.1) is 0 Å². The Morgan fingerprint density at radius 2 is 1.84 bits per heavy atom. The molecule has 0 aliphatic rings. The first-order chi connectivity index (χ1) is 12.0. The van der Waals surface area contributed by atoms with Gasteiger partial charge in [0.25, 0.3) is 0 Å².